The van der Waals surface area contributed by atoms with E-state index in [2.05, 4.69) is 45.7 Å². The fourth-order valence-corrected chi connectivity index (χ4v) is 5.90. The number of halogens is 3. The van der Waals surface area contributed by atoms with Crippen molar-refractivity contribution in [2.24, 2.45) is 5.92 Å². The zero-order chi connectivity index (χ0) is 27.6. The van der Waals surface area contributed by atoms with E-state index in [4.69, 9.17) is 11.0 Å². The molecule has 0 radical (unpaired) electrons. The number of anilines is 1. The molecule has 1 saturated heterocycles. The summed E-state index contributed by atoms with van der Waals surface area (Å²) in [5.74, 6) is 2.99. The van der Waals surface area contributed by atoms with Crippen LogP contribution in [0.5, 0.6) is 0 Å². The summed E-state index contributed by atoms with van der Waals surface area (Å²) in [6.07, 6.45) is -0.335. The number of fused-ring (bicyclic) bond motifs is 1. The predicted molar refractivity (Wildman–Crippen MR) is 149 cm³/mol. The summed E-state index contributed by atoms with van der Waals surface area (Å²) in [7, 11) is 0. The average Bonchev–Trinajstić information content (AvgIpc) is 3.37. The SMILES string of the molecule is [C-]#[N+]c1cc(C(C)C)c2oc(-c3ccc(SCCC4CCN(c5ccc(C(F)(F)F)cn5)CC4)cc3)nc2c1. The fraction of sp³-hybridized carbons (Fsp3) is 0.367. The molecule has 0 unspecified atom stereocenters. The molecule has 0 spiro atoms. The van der Waals surface area contributed by atoms with E-state index < -0.39 is 11.7 Å². The molecule has 2 aromatic carbocycles. The number of benzene rings is 2. The van der Waals surface area contributed by atoms with Gasteiger partial charge in [0.2, 0.25) is 5.89 Å². The predicted octanol–water partition coefficient (Wildman–Crippen LogP) is 8.98. The van der Waals surface area contributed by atoms with Gasteiger partial charge in [-0.05, 0) is 90.9 Å². The van der Waals surface area contributed by atoms with Gasteiger partial charge in [0.1, 0.15) is 5.82 Å². The molecule has 1 aliphatic heterocycles. The van der Waals surface area contributed by atoms with Crippen LogP contribution in [0.3, 0.4) is 0 Å². The maximum absolute atomic E-state index is 12.8. The standard InChI is InChI=1S/C30H29F3N4OS/c1-19(2)25-16-23(34-3)17-26-28(25)38-29(36-26)21-4-7-24(8-5-21)39-15-12-20-10-13-37(14-11-20)27-9-6-22(18-35-27)30(31,32)33/h4-9,16-20H,10-15H2,1-2H3. The van der Waals surface area contributed by atoms with Crippen molar-refractivity contribution in [1.29, 1.82) is 0 Å². The molecule has 5 nitrogen and oxygen atoms in total. The highest BCUT2D eigenvalue weighted by molar-refractivity contribution is 7.99. The van der Waals surface area contributed by atoms with Crippen molar-refractivity contribution in [3.63, 3.8) is 0 Å². The van der Waals surface area contributed by atoms with Crippen LogP contribution in [0.1, 0.15) is 50.2 Å². The van der Waals surface area contributed by atoms with Gasteiger partial charge >= 0.3 is 6.18 Å². The Bertz CT molecular complexity index is 1470. The highest BCUT2D eigenvalue weighted by atomic mass is 32.2. The monoisotopic (exact) mass is 550 g/mol. The number of hydrogen-bond acceptors (Lipinski definition) is 5. The molecule has 39 heavy (non-hydrogen) atoms. The minimum Gasteiger partial charge on any atom is -0.436 e. The summed E-state index contributed by atoms with van der Waals surface area (Å²) in [4.78, 5) is 15.5. The van der Waals surface area contributed by atoms with Gasteiger partial charge in [-0.1, -0.05) is 13.8 Å². The summed E-state index contributed by atoms with van der Waals surface area (Å²) >= 11 is 1.82. The Morgan fingerprint density at radius 3 is 2.46 bits per heavy atom. The lowest BCUT2D eigenvalue weighted by atomic mass is 9.94. The third-order valence-electron chi connectivity index (χ3n) is 7.16. The maximum atomic E-state index is 12.8. The van der Waals surface area contributed by atoms with Crippen LogP contribution in [0.25, 0.3) is 27.4 Å². The Hall–Kier alpha value is -3.51. The van der Waals surface area contributed by atoms with Gasteiger partial charge in [-0.15, -0.1) is 11.8 Å². The van der Waals surface area contributed by atoms with Crippen LogP contribution < -0.4 is 4.90 Å². The van der Waals surface area contributed by atoms with Crippen LogP contribution in [0.4, 0.5) is 24.7 Å². The molecule has 0 atom stereocenters. The number of nitrogens with zero attached hydrogens (tertiary/aromatic N) is 4. The zero-order valence-electron chi connectivity index (χ0n) is 21.8. The highest BCUT2D eigenvalue weighted by Crippen LogP contribution is 2.35. The van der Waals surface area contributed by atoms with Gasteiger partial charge in [-0.3, -0.25) is 0 Å². The van der Waals surface area contributed by atoms with E-state index in [-0.39, 0.29) is 5.92 Å². The summed E-state index contributed by atoms with van der Waals surface area (Å²) in [5, 5.41) is 0. The zero-order valence-corrected chi connectivity index (χ0v) is 22.6. The topological polar surface area (TPSA) is 46.5 Å². The summed E-state index contributed by atoms with van der Waals surface area (Å²) in [5.41, 5.74) is 3.20. The molecule has 0 N–H and O–H groups in total. The average molecular weight is 551 g/mol. The summed E-state index contributed by atoms with van der Waals surface area (Å²) in [6, 6.07) is 14.4. The Morgan fingerprint density at radius 1 is 1.10 bits per heavy atom. The molecule has 2 aromatic heterocycles. The van der Waals surface area contributed by atoms with Gasteiger partial charge in [-0.25, -0.2) is 14.8 Å². The molecule has 0 aliphatic carbocycles. The van der Waals surface area contributed by atoms with E-state index >= 15 is 0 Å². The first-order valence-electron chi connectivity index (χ1n) is 13.0. The number of hydrogen-bond donors (Lipinski definition) is 0. The lowest BCUT2D eigenvalue weighted by molar-refractivity contribution is -0.137. The molecule has 1 fully saturated rings. The van der Waals surface area contributed by atoms with E-state index in [0.717, 1.165) is 67.1 Å². The van der Waals surface area contributed by atoms with Crippen molar-refractivity contribution in [3.05, 3.63) is 77.3 Å². The minimum absolute atomic E-state index is 0.225. The first-order chi connectivity index (χ1) is 18.7. The number of pyridine rings is 1. The Labute approximate surface area is 230 Å². The lowest BCUT2D eigenvalue weighted by Gasteiger charge is -2.32. The van der Waals surface area contributed by atoms with Crippen LogP contribution in [0, 0.1) is 12.5 Å². The first kappa shape index (κ1) is 27.1. The van der Waals surface area contributed by atoms with Crippen molar-refractivity contribution < 1.29 is 17.6 Å². The lowest BCUT2D eigenvalue weighted by Crippen LogP contribution is -2.34. The van der Waals surface area contributed by atoms with Crippen molar-refractivity contribution in [2.45, 2.75) is 50.1 Å². The van der Waals surface area contributed by atoms with Crippen LogP contribution in [0.15, 0.2) is 64.0 Å². The third-order valence-corrected chi connectivity index (χ3v) is 8.21. The number of thioether (sulfide) groups is 1. The molecule has 5 rings (SSSR count). The molecule has 9 heteroatoms. The van der Waals surface area contributed by atoms with E-state index in [1.165, 1.54) is 11.0 Å². The van der Waals surface area contributed by atoms with Gasteiger partial charge in [0, 0.05) is 29.7 Å². The second-order valence-electron chi connectivity index (χ2n) is 10.2. The summed E-state index contributed by atoms with van der Waals surface area (Å²) in [6.45, 7) is 13.1. The second kappa shape index (κ2) is 11.3. The molecule has 0 amide bonds. The Morgan fingerprint density at radius 2 is 1.85 bits per heavy atom. The van der Waals surface area contributed by atoms with E-state index in [1.54, 1.807) is 6.07 Å². The van der Waals surface area contributed by atoms with E-state index in [0.29, 0.717) is 28.8 Å². The molecule has 0 bridgehead atoms. The van der Waals surface area contributed by atoms with Crippen LogP contribution in [-0.2, 0) is 6.18 Å². The number of alkyl halides is 3. The van der Waals surface area contributed by atoms with Crippen molar-refractivity contribution >= 4 is 34.4 Å². The van der Waals surface area contributed by atoms with Crippen LogP contribution in [-0.4, -0.2) is 28.8 Å². The Balaban J connectivity index is 1.13. The first-order valence-corrected chi connectivity index (χ1v) is 14.0. The maximum Gasteiger partial charge on any atom is 0.417 e. The number of rotatable bonds is 7. The highest BCUT2D eigenvalue weighted by Gasteiger charge is 2.31. The van der Waals surface area contributed by atoms with Gasteiger partial charge in [0.05, 0.1) is 17.7 Å². The molecular formula is C30H29F3N4OS. The minimum atomic E-state index is -4.36. The number of aromatic nitrogens is 2. The molecule has 3 heterocycles. The third kappa shape index (κ3) is 6.22. The summed E-state index contributed by atoms with van der Waals surface area (Å²) < 4.78 is 44.5. The molecule has 0 saturated carbocycles. The van der Waals surface area contributed by atoms with Crippen molar-refractivity contribution in [2.75, 3.05) is 23.7 Å². The van der Waals surface area contributed by atoms with Crippen LogP contribution >= 0.6 is 11.8 Å². The smallest absolute Gasteiger partial charge is 0.417 e. The largest absolute Gasteiger partial charge is 0.436 e. The number of piperidine rings is 1. The molecule has 202 valence electrons. The number of oxazole rings is 1. The van der Waals surface area contributed by atoms with Gasteiger partial charge in [0.15, 0.2) is 11.3 Å². The van der Waals surface area contributed by atoms with E-state index in [1.807, 2.05) is 30.0 Å². The fourth-order valence-electron chi connectivity index (χ4n) is 4.89. The van der Waals surface area contributed by atoms with E-state index in [9.17, 15) is 13.2 Å². The van der Waals surface area contributed by atoms with Gasteiger partial charge < -0.3 is 9.32 Å². The second-order valence-corrected chi connectivity index (χ2v) is 11.3. The van der Waals surface area contributed by atoms with Crippen molar-refractivity contribution in [3.8, 4) is 11.5 Å². The van der Waals surface area contributed by atoms with Crippen molar-refractivity contribution in [1.82, 2.24) is 9.97 Å². The Kier molecular flexibility index (Phi) is 7.85. The molecule has 4 aromatic rings. The molecule has 1 aliphatic rings. The normalized spacial score (nSPS) is 14.7. The van der Waals surface area contributed by atoms with Gasteiger partial charge in [0.25, 0.3) is 0 Å². The molecular weight excluding hydrogens is 521 g/mol. The van der Waals surface area contributed by atoms with Gasteiger partial charge in [-0.2, -0.15) is 13.2 Å². The quantitative estimate of drug-likeness (QED) is 0.170. The van der Waals surface area contributed by atoms with Crippen LogP contribution in [0.2, 0.25) is 0 Å².